The molecule has 0 N–H and O–H groups in total. The molecule has 0 aromatic heterocycles. The molecular weight excluding hydrogens is 477 g/mol. The molecule has 0 spiro atoms. The Labute approximate surface area is 187 Å². The van der Waals surface area contributed by atoms with Crippen molar-refractivity contribution < 1.29 is 14.3 Å². The minimum absolute atomic E-state index is 0.107. The standard InChI is InChI=1S/C24H30INO3/c1-5-6-7-12-29-23(28)20-15(2)26-18-13-24(3,4)14-19(27)22(18)21(20)16-8-10-17(25)11-9-16/h8-11,20-21H,5-7,12-14H2,1-4H3/t20?,21-/m0/s1. The normalized spacial score (nSPS) is 23.5. The largest absolute Gasteiger partial charge is 0.465 e. The first-order valence-electron chi connectivity index (χ1n) is 10.5. The van der Waals surface area contributed by atoms with Crippen LogP contribution in [0, 0.1) is 14.9 Å². The molecule has 0 saturated heterocycles. The molecule has 2 atom stereocenters. The van der Waals surface area contributed by atoms with Crippen molar-refractivity contribution in [3.63, 3.8) is 0 Å². The number of unbranched alkanes of at least 4 members (excludes halogenated alkanes) is 2. The van der Waals surface area contributed by atoms with Crippen LogP contribution in [0.5, 0.6) is 0 Å². The molecular formula is C24H30INO3. The predicted molar refractivity (Wildman–Crippen MR) is 124 cm³/mol. The highest BCUT2D eigenvalue weighted by molar-refractivity contribution is 14.1. The van der Waals surface area contributed by atoms with Gasteiger partial charge in [-0.1, -0.05) is 45.7 Å². The summed E-state index contributed by atoms with van der Waals surface area (Å²) in [5.74, 6) is -1.02. The molecule has 2 aliphatic rings. The second-order valence-electron chi connectivity index (χ2n) is 8.94. The van der Waals surface area contributed by atoms with Crippen LogP contribution in [0.4, 0.5) is 0 Å². The van der Waals surface area contributed by atoms with Gasteiger partial charge in [-0.25, -0.2) is 0 Å². The Morgan fingerprint density at radius 1 is 1.21 bits per heavy atom. The maximum atomic E-state index is 13.2. The molecule has 0 bridgehead atoms. The number of hydrogen-bond donors (Lipinski definition) is 0. The lowest BCUT2D eigenvalue weighted by Crippen LogP contribution is -2.39. The lowest BCUT2D eigenvalue weighted by molar-refractivity contribution is -0.146. The number of ether oxygens (including phenoxy) is 1. The summed E-state index contributed by atoms with van der Waals surface area (Å²) in [5.41, 5.74) is 3.19. The zero-order valence-electron chi connectivity index (χ0n) is 17.8. The van der Waals surface area contributed by atoms with Gasteiger partial charge in [0.2, 0.25) is 0 Å². The van der Waals surface area contributed by atoms with Crippen molar-refractivity contribution >= 4 is 40.1 Å². The van der Waals surface area contributed by atoms with Gasteiger partial charge in [-0.2, -0.15) is 0 Å². The summed E-state index contributed by atoms with van der Waals surface area (Å²) in [7, 11) is 0. The number of hydrogen-bond acceptors (Lipinski definition) is 4. The molecule has 1 aromatic carbocycles. The summed E-state index contributed by atoms with van der Waals surface area (Å²) < 4.78 is 6.75. The fraction of sp³-hybridized carbons (Fsp3) is 0.542. The number of esters is 1. The van der Waals surface area contributed by atoms with Crippen LogP contribution in [0.1, 0.15) is 71.3 Å². The maximum Gasteiger partial charge on any atom is 0.315 e. The summed E-state index contributed by atoms with van der Waals surface area (Å²) in [4.78, 5) is 31.0. The number of benzene rings is 1. The third-order valence-corrected chi connectivity index (χ3v) is 6.50. The van der Waals surface area contributed by atoms with Crippen molar-refractivity contribution in [2.45, 2.75) is 65.7 Å². The number of Topliss-reactive ketones (excluding diaryl/α,β-unsaturated/α-hetero) is 1. The summed E-state index contributed by atoms with van der Waals surface area (Å²) in [6, 6.07) is 8.11. The molecule has 156 valence electrons. The molecule has 1 aliphatic heterocycles. The number of allylic oxidation sites excluding steroid dienone is 2. The van der Waals surface area contributed by atoms with E-state index in [0.717, 1.165) is 46.2 Å². The maximum absolute atomic E-state index is 13.2. The molecule has 1 heterocycles. The number of ketones is 1. The van der Waals surface area contributed by atoms with Crippen molar-refractivity contribution in [2.75, 3.05) is 6.61 Å². The Morgan fingerprint density at radius 2 is 1.90 bits per heavy atom. The topological polar surface area (TPSA) is 55.7 Å². The summed E-state index contributed by atoms with van der Waals surface area (Å²) >= 11 is 2.27. The van der Waals surface area contributed by atoms with Crippen molar-refractivity contribution in [2.24, 2.45) is 16.3 Å². The van der Waals surface area contributed by atoms with Crippen LogP contribution in [-0.4, -0.2) is 24.1 Å². The number of carbonyl (C=O) groups excluding carboxylic acids is 2. The molecule has 0 fully saturated rings. The van der Waals surface area contributed by atoms with Gasteiger partial charge in [-0.15, -0.1) is 0 Å². The van der Waals surface area contributed by atoms with Gasteiger partial charge in [-0.3, -0.25) is 14.6 Å². The van der Waals surface area contributed by atoms with Crippen LogP contribution in [0.3, 0.4) is 0 Å². The average Bonchev–Trinajstić information content (AvgIpc) is 2.63. The van der Waals surface area contributed by atoms with E-state index < -0.39 is 5.92 Å². The molecule has 29 heavy (non-hydrogen) atoms. The number of aliphatic imine (C=N–C) groups is 1. The van der Waals surface area contributed by atoms with E-state index in [2.05, 4.69) is 43.4 Å². The molecule has 1 aliphatic carbocycles. The van der Waals surface area contributed by atoms with Gasteiger partial charge in [0.25, 0.3) is 0 Å². The van der Waals surface area contributed by atoms with Crippen molar-refractivity contribution in [3.05, 3.63) is 44.7 Å². The van der Waals surface area contributed by atoms with E-state index in [1.165, 1.54) is 0 Å². The lowest BCUT2D eigenvalue weighted by atomic mass is 9.67. The Balaban J connectivity index is 2.01. The summed E-state index contributed by atoms with van der Waals surface area (Å²) in [6.45, 7) is 8.65. The van der Waals surface area contributed by atoms with E-state index in [0.29, 0.717) is 18.6 Å². The first-order valence-corrected chi connectivity index (χ1v) is 11.5. The fourth-order valence-corrected chi connectivity index (χ4v) is 4.75. The van der Waals surface area contributed by atoms with Gasteiger partial charge in [0.05, 0.1) is 6.61 Å². The monoisotopic (exact) mass is 507 g/mol. The Hall–Kier alpha value is -1.50. The predicted octanol–water partition coefficient (Wildman–Crippen LogP) is 5.84. The molecule has 5 heteroatoms. The van der Waals surface area contributed by atoms with Crippen molar-refractivity contribution in [1.82, 2.24) is 0 Å². The number of nitrogens with zero attached hydrogens (tertiary/aromatic N) is 1. The fourth-order valence-electron chi connectivity index (χ4n) is 4.40. The van der Waals surface area contributed by atoms with Crippen LogP contribution < -0.4 is 0 Å². The molecule has 1 unspecified atom stereocenters. The SMILES string of the molecule is CCCCCOC(=O)C1C(C)=NC2=C(C(=O)CC(C)(C)C2)[C@H]1c1ccc(I)cc1. The van der Waals surface area contributed by atoms with Crippen molar-refractivity contribution in [3.8, 4) is 0 Å². The van der Waals surface area contributed by atoms with Gasteiger partial charge in [0, 0.05) is 32.9 Å². The van der Waals surface area contributed by atoms with Crippen LogP contribution in [0.15, 0.2) is 40.5 Å². The highest BCUT2D eigenvalue weighted by Crippen LogP contribution is 2.47. The molecule has 1 aromatic rings. The highest BCUT2D eigenvalue weighted by Gasteiger charge is 2.45. The average molecular weight is 507 g/mol. The molecule has 0 amide bonds. The van der Waals surface area contributed by atoms with Crippen LogP contribution in [0.2, 0.25) is 0 Å². The smallest absolute Gasteiger partial charge is 0.315 e. The van der Waals surface area contributed by atoms with Crippen molar-refractivity contribution in [1.29, 1.82) is 0 Å². The second-order valence-corrected chi connectivity index (χ2v) is 10.2. The van der Waals surface area contributed by atoms with E-state index in [-0.39, 0.29) is 23.1 Å². The number of halogens is 1. The number of rotatable bonds is 6. The Bertz CT molecular complexity index is 851. The molecule has 3 rings (SSSR count). The van der Waals surface area contributed by atoms with Gasteiger partial charge in [0.1, 0.15) is 5.92 Å². The minimum Gasteiger partial charge on any atom is -0.465 e. The minimum atomic E-state index is -0.541. The highest BCUT2D eigenvalue weighted by atomic mass is 127. The Kier molecular flexibility index (Phi) is 6.97. The quantitative estimate of drug-likeness (QED) is 0.276. The molecule has 0 saturated carbocycles. The second kappa shape index (κ2) is 9.11. The van der Waals surface area contributed by atoms with Gasteiger partial charge in [0.15, 0.2) is 5.78 Å². The number of carbonyl (C=O) groups is 2. The van der Waals surface area contributed by atoms with Crippen LogP contribution in [-0.2, 0) is 14.3 Å². The third kappa shape index (κ3) is 4.98. The lowest BCUT2D eigenvalue weighted by Gasteiger charge is -2.39. The van der Waals surface area contributed by atoms with Gasteiger partial charge in [-0.05, 0) is 65.5 Å². The molecule has 4 nitrogen and oxygen atoms in total. The summed E-state index contributed by atoms with van der Waals surface area (Å²) in [6.07, 6.45) is 4.21. The van der Waals surface area contributed by atoms with E-state index in [1.807, 2.05) is 31.2 Å². The van der Waals surface area contributed by atoms with Crippen LogP contribution >= 0.6 is 22.6 Å². The first-order chi connectivity index (χ1) is 13.7. The zero-order valence-corrected chi connectivity index (χ0v) is 19.9. The van der Waals surface area contributed by atoms with E-state index >= 15 is 0 Å². The summed E-state index contributed by atoms with van der Waals surface area (Å²) in [5, 5.41) is 0. The van der Waals surface area contributed by atoms with E-state index in [9.17, 15) is 9.59 Å². The van der Waals surface area contributed by atoms with Gasteiger partial charge >= 0.3 is 5.97 Å². The van der Waals surface area contributed by atoms with E-state index in [4.69, 9.17) is 9.73 Å². The van der Waals surface area contributed by atoms with Gasteiger partial charge < -0.3 is 4.74 Å². The van der Waals surface area contributed by atoms with E-state index in [1.54, 1.807) is 0 Å². The Morgan fingerprint density at radius 3 is 2.55 bits per heavy atom. The third-order valence-electron chi connectivity index (χ3n) is 5.78. The van der Waals surface area contributed by atoms with Crippen LogP contribution in [0.25, 0.3) is 0 Å². The zero-order chi connectivity index (χ0) is 21.2. The first kappa shape index (κ1) is 22.2. The molecule has 0 radical (unpaired) electrons.